The summed E-state index contributed by atoms with van der Waals surface area (Å²) in [6, 6.07) is 12.9. The molecule has 0 spiro atoms. The van der Waals surface area contributed by atoms with E-state index < -0.39 is 11.7 Å². The summed E-state index contributed by atoms with van der Waals surface area (Å²) < 4.78 is 14.3. The molecule has 0 atom stereocenters. The molecule has 0 bridgehead atoms. The van der Waals surface area contributed by atoms with E-state index in [9.17, 15) is 9.18 Å². The van der Waals surface area contributed by atoms with Crippen molar-refractivity contribution in [3.05, 3.63) is 69.4 Å². The van der Waals surface area contributed by atoms with Crippen molar-refractivity contribution < 1.29 is 9.18 Å². The second-order valence-corrected chi connectivity index (χ2v) is 5.29. The van der Waals surface area contributed by atoms with Gasteiger partial charge in [-0.3, -0.25) is 9.80 Å². The summed E-state index contributed by atoms with van der Waals surface area (Å²) in [4.78, 5) is 12.1. The van der Waals surface area contributed by atoms with Crippen LogP contribution in [-0.4, -0.2) is 10.9 Å². The molecular formula is C15H11BrFN3O. The first-order valence-electron chi connectivity index (χ1n) is 6.02. The Morgan fingerprint density at radius 2 is 2.10 bits per heavy atom. The Balaban J connectivity index is 2.17. The molecule has 106 valence electrons. The van der Waals surface area contributed by atoms with Crippen LogP contribution in [0, 0.1) is 17.1 Å². The minimum atomic E-state index is -0.643. The third-order valence-corrected chi connectivity index (χ3v) is 3.32. The molecule has 0 aliphatic rings. The Kier molecular flexibility index (Phi) is 4.68. The normalized spacial score (nSPS) is 10.0. The summed E-state index contributed by atoms with van der Waals surface area (Å²) in [7, 11) is 0. The Labute approximate surface area is 129 Å². The molecule has 2 aromatic rings. The van der Waals surface area contributed by atoms with Crippen molar-refractivity contribution >= 4 is 21.8 Å². The van der Waals surface area contributed by atoms with E-state index in [0.717, 1.165) is 5.01 Å². The Morgan fingerprint density at radius 1 is 1.33 bits per heavy atom. The molecule has 0 aromatic heterocycles. The van der Waals surface area contributed by atoms with Gasteiger partial charge in [0.2, 0.25) is 0 Å². The number of carbonyl (C=O) groups is 1. The first kappa shape index (κ1) is 15.2. The maximum Gasteiger partial charge on any atom is 0.271 e. The highest BCUT2D eigenvalue weighted by Gasteiger charge is 2.17. The van der Waals surface area contributed by atoms with Gasteiger partial charge in [-0.05, 0) is 35.9 Å². The van der Waals surface area contributed by atoms with Gasteiger partial charge >= 0.3 is 0 Å². The van der Waals surface area contributed by atoms with Crippen LogP contribution in [0.3, 0.4) is 0 Å². The van der Waals surface area contributed by atoms with Gasteiger partial charge in [0.25, 0.3) is 5.91 Å². The number of hydrogen-bond acceptors (Lipinski definition) is 3. The second-order valence-electron chi connectivity index (χ2n) is 4.37. The molecule has 0 aliphatic heterocycles. The molecule has 4 nitrogen and oxygen atoms in total. The number of nitriles is 1. The van der Waals surface area contributed by atoms with Crippen LogP contribution in [0.1, 0.15) is 21.5 Å². The number of rotatable bonds is 3. The molecule has 2 aromatic carbocycles. The predicted molar refractivity (Wildman–Crippen MR) is 79.3 cm³/mol. The highest BCUT2D eigenvalue weighted by atomic mass is 79.9. The third kappa shape index (κ3) is 3.66. The number of hydrogen-bond donors (Lipinski definition) is 1. The molecule has 2 rings (SSSR count). The molecule has 6 heteroatoms. The largest absolute Gasteiger partial charge is 0.272 e. The SMILES string of the molecule is N#Cc1cccc(CN(N)C(=O)c2ccc(Br)cc2F)c1. The van der Waals surface area contributed by atoms with E-state index in [1.807, 2.05) is 6.07 Å². The minimum Gasteiger partial charge on any atom is -0.272 e. The number of nitrogens with two attached hydrogens (primary N) is 1. The molecule has 0 heterocycles. The van der Waals surface area contributed by atoms with Crippen molar-refractivity contribution in [3.63, 3.8) is 0 Å². The van der Waals surface area contributed by atoms with E-state index in [0.29, 0.717) is 15.6 Å². The smallest absolute Gasteiger partial charge is 0.271 e. The van der Waals surface area contributed by atoms with Gasteiger partial charge in [0, 0.05) is 4.47 Å². The van der Waals surface area contributed by atoms with Crippen molar-refractivity contribution in [2.45, 2.75) is 6.54 Å². The minimum absolute atomic E-state index is 0.0872. The average Bonchev–Trinajstić information content (AvgIpc) is 2.46. The van der Waals surface area contributed by atoms with Crippen LogP contribution in [-0.2, 0) is 6.54 Å². The lowest BCUT2D eigenvalue weighted by Gasteiger charge is -2.17. The molecule has 2 N–H and O–H groups in total. The number of amides is 1. The maximum atomic E-state index is 13.7. The van der Waals surface area contributed by atoms with Gasteiger partial charge in [-0.25, -0.2) is 10.2 Å². The van der Waals surface area contributed by atoms with E-state index in [1.165, 1.54) is 12.1 Å². The Morgan fingerprint density at radius 3 is 2.76 bits per heavy atom. The van der Waals surface area contributed by atoms with Gasteiger partial charge in [-0.2, -0.15) is 5.26 Å². The van der Waals surface area contributed by atoms with Crippen molar-refractivity contribution in [3.8, 4) is 6.07 Å². The zero-order chi connectivity index (χ0) is 15.4. The summed E-state index contributed by atoms with van der Waals surface area (Å²) in [5.41, 5.74) is 1.07. The van der Waals surface area contributed by atoms with Crippen LogP contribution in [0.2, 0.25) is 0 Å². The molecule has 0 aliphatic carbocycles. The molecule has 1 amide bonds. The first-order valence-corrected chi connectivity index (χ1v) is 6.81. The van der Waals surface area contributed by atoms with E-state index in [2.05, 4.69) is 15.9 Å². The monoisotopic (exact) mass is 347 g/mol. The molecule has 21 heavy (non-hydrogen) atoms. The summed E-state index contributed by atoms with van der Waals surface area (Å²) in [6.07, 6.45) is 0. The number of hydrazine groups is 1. The number of benzene rings is 2. The first-order chi connectivity index (χ1) is 10.0. The van der Waals surface area contributed by atoms with Gasteiger partial charge in [-0.1, -0.05) is 28.1 Å². The zero-order valence-corrected chi connectivity index (χ0v) is 12.5. The number of nitrogens with zero attached hydrogens (tertiary/aromatic N) is 2. The predicted octanol–water partition coefficient (Wildman–Crippen LogP) is 2.98. The van der Waals surface area contributed by atoms with Crippen molar-refractivity contribution in [2.24, 2.45) is 5.84 Å². The summed E-state index contributed by atoms with van der Waals surface area (Å²) in [5, 5.41) is 9.75. The van der Waals surface area contributed by atoms with Crippen molar-refractivity contribution in [2.75, 3.05) is 0 Å². The van der Waals surface area contributed by atoms with Crippen LogP contribution in [0.5, 0.6) is 0 Å². The lowest BCUT2D eigenvalue weighted by Crippen LogP contribution is -2.37. The van der Waals surface area contributed by atoms with Gasteiger partial charge in [-0.15, -0.1) is 0 Å². The van der Waals surface area contributed by atoms with E-state index in [-0.39, 0.29) is 12.1 Å². The fourth-order valence-electron chi connectivity index (χ4n) is 1.83. The highest BCUT2D eigenvalue weighted by molar-refractivity contribution is 9.10. The maximum absolute atomic E-state index is 13.7. The highest BCUT2D eigenvalue weighted by Crippen LogP contribution is 2.17. The average molecular weight is 348 g/mol. The van der Waals surface area contributed by atoms with Crippen LogP contribution in [0.4, 0.5) is 4.39 Å². The molecule has 0 saturated heterocycles. The van der Waals surface area contributed by atoms with E-state index in [4.69, 9.17) is 11.1 Å². The van der Waals surface area contributed by atoms with Gasteiger partial charge in [0.05, 0.1) is 23.7 Å². The van der Waals surface area contributed by atoms with Crippen molar-refractivity contribution in [1.29, 1.82) is 5.26 Å². The van der Waals surface area contributed by atoms with E-state index >= 15 is 0 Å². The van der Waals surface area contributed by atoms with E-state index in [1.54, 1.807) is 30.3 Å². The molecule has 0 unspecified atom stereocenters. The fourth-order valence-corrected chi connectivity index (χ4v) is 2.16. The van der Waals surface area contributed by atoms with Gasteiger partial charge in [0.15, 0.2) is 0 Å². The summed E-state index contributed by atoms with van der Waals surface area (Å²) >= 11 is 3.13. The quantitative estimate of drug-likeness (QED) is 0.527. The zero-order valence-electron chi connectivity index (χ0n) is 10.9. The van der Waals surface area contributed by atoms with Crippen LogP contribution in [0.15, 0.2) is 46.9 Å². The molecular weight excluding hydrogens is 337 g/mol. The number of halogens is 2. The second kappa shape index (κ2) is 6.48. The summed E-state index contributed by atoms with van der Waals surface area (Å²) in [6.45, 7) is 0.0872. The van der Waals surface area contributed by atoms with Crippen molar-refractivity contribution in [1.82, 2.24) is 5.01 Å². The third-order valence-electron chi connectivity index (χ3n) is 2.83. The summed E-state index contributed by atoms with van der Waals surface area (Å²) in [5.74, 6) is 4.44. The Bertz CT molecular complexity index is 727. The Hall–Kier alpha value is -2.23. The van der Waals surface area contributed by atoms with Crippen LogP contribution < -0.4 is 5.84 Å². The molecule has 0 radical (unpaired) electrons. The molecule has 0 fully saturated rings. The lowest BCUT2D eigenvalue weighted by atomic mass is 10.1. The standard InChI is InChI=1S/C15H11BrFN3O/c16-12-4-5-13(14(17)7-12)15(21)20(19)9-11-3-1-2-10(6-11)8-18/h1-7H,9,19H2. The lowest BCUT2D eigenvalue weighted by molar-refractivity contribution is 0.0738. The van der Waals surface area contributed by atoms with Gasteiger partial charge < -0.3 is 0 Å². The van der Waals surface area contributed by atoms with Crippen LogP contribution in [0.25, 0.3) is 0 Å². The topological polar surface area (TPSA) is 70.1 Å². The molecule has 0 saturated carbocycles. The van der Waals surface area contributed by atoms with Crippen LogP contribution >= 0.6 is 15.9 Å². The number of carbonyl (C=O) groups excluding carboxylic acids is 1. The fraction of sp³-hybridized carbons (Fsp3) is 0.0667. The van der Waals surface area contributed by atoms with Gasteiger partial charge in [0.1, 0.15) is 5.82 Å².